The van der Waals surface area contributed by atoms with Gasteiger partial charge in [-0.25, -0.2) is 4.90 Å². The summed E-state index contributed by atoms with van der Waals surface area (Å²) in [6.45, 7) is 6.32. The highest BCUT2D eigenvalue weighted by atomic mass is 35.5. The Hall–Kier alpha value is -3.30. The van der Waals surface area contributed by atoms with E-state index in [0.717, 1.165) is 69.3 Å². The fourth-order valence-corrected chi connectivity index (χ4v) is 5.67. The van der Waals surface area contributed by atoms with Gasteiger partial charge < -0.3 is 19.3 Å². The van der Waals surface area contributed by atoms with Crippen molar-refractivity contribution in [2.75, 3.05) is 51.3 Å². The van der Waals surface area contributed by atoms with E-state index < -0.39 is 0 Å². The van der Waals surface area contributed by atoms with Gasteiger partial charge in [-0.1, -0.05) is 29.8 Å². The van der Waals surface area contributed by atoms with Crippen molar-refractivity contribution < 1.29 is 19.1 Å². The van der Waals surface area contributed by atoms with Crippen LogP contribution in [-0.2, 0) is 4.79 Å². The fourth-order valence-electron chi connectivity index (χ4n) is 4.70. The molecule has 41 heavy (non-hydrogen) atoms. The highest BCUT2D eigenvalue weighted by Crippen LogP contribution is 2.37. The Morgan fingerprint density at radius 3 is 2.29 bits per heavy atom. The zero-order chi connectivity index (χ0) is 28.6. The minimum absolute atomic E-state index is 0.329. The SMILES string of the molecule is CN1CCN(CCCCCOc2cccc(N3C(=O)S/C(=C\c4ccc(Oc5ccc(Cl)cc5)cc4)C3=O)c2)CC1. The maximum Gasteiger partial charge on any atom is 0.298 e. The predicted octanol–water partition coefficient (Wildman–Crippen LogP) is 7.17. The molecule has 0 bridgehead atoms. The van der Waals surface area contributed by atoms with Gasteiger partial charge in [0.1, 0.15) is 17.2 Å². The lowest BCUT2D eigenvalue weighted by molar-refractivity contribution is -0.113. The average molecular weight is 592 g/mol. The van der Waals surface area contributed by atoms with Gasteiger partial charge >= 0.3 is 0 Å². The molecule has 0 N–H and O–H groups in total. The van der Waals surface area contributed by atoms with Crippen molar-refractivity contribution in [3.63, 3.8) is 0 Å². The van der Waals surface area contributed by atoms with E-state index in [-0.39, 0.29) is 11.1 Å². The number of hydrogen-bond acceptors (Lipinski definition) is 7. The van der Waals surface area contributed by atoms with E-state index in [1.54, 1.807) is 42.5 Å². The van der Waals surface area contributed by atoms with Gasteiger partial charge in [0.15, 0.2) is 0 Å². The Bertz CT molecular complexity index is 1370. The standard InChI is InChI=1S/C32H34ClN3O4S/c1-34-17-19-35(20-18-34)16-3-2-4-21-39-29-7-5-6-26(23-29)36-31(37)30(41-32(36)38)22-24-8-12-27(13-9-24)40-28-14-10-25(33)11-15-28/h5-15,22-23H,2-4,16-21H2,1H3/b30-22-. The van der Waals surface area contributed by atoms with Gasteiger partial charge in [0.2, 0.25) is 0 Å². The number of unbranched alkanes of at least 4 members (excludes halogenated alkanes) is 2. The first-order chi connectivity index (χ1) is 19.9. The number of ether oxygens (including phenoxy) is 2. The number of anilines is 1. The van der Waals surface area contributed by atoms with Gasteiger partial charge in [-0.15, -0.1) is 0 Å². The summed E-state index contributed by atoms with van der Waals surface area (Å²) in [6.07, 6.45) is 4.95. The number of imide groups is 1. The number of amides is 2. The largest absolute Gasteiger partial charge is 0.494 e. The molecule has 0 saturated carbocycles. The van der Waals surface area contributed by atoms with E-state index in [0.29, 0.717) is 39.5 Å². The van der Waals surface area contributed by atoms with Crippen molar-refractivity contribution in [2.24, 2.45) is 0 Å². The van der Waals surface area contributed by atoms with Gasteiger partial charge in [0.25, 0.3) is 11.1 Å². The zero-order valence-electron chi connectivity index (χ0n) is 23.1. The number of carbonyl (C=O) groups is 2. The summed E-state index contributed by atoms with van der Waals surface area (Å²) in [7, 11) is 2.18. The quantitative estimate of drug-likeness (QED) is 0.173. The van der Waals surface area contributed by atoms with Crippen molar-refractivity contribution in [3.05, 3.63) is 88.3 Å². The third kappa shape index (κ3) is 8.14. The van der Waals surface area contributed by atoms with Crippen molar-refractivity contribution >= 4 is 46.3 Å². The normalized spacial score (nSPS) is 17.4. The summed E-state index contributed by atoms with van der Waals surface area (Å²) in [5, 5.41) is 0.313. The smallest absolute Gasteiger partial charge is 0.298 e. The van der Waals surface area contributed by atoms with Crippen molar-refractivity contribution in [1.29, 1.82) is 0 Å². The van der Waals surface area contributed by atoms with E-state index in [1.807, 2.05) is 36.4 Å². The Labute approximate surface area is 250 Å². The molecule has 9 heteroatoms. The predicted molar refractivity (Wildman–Crippen MR) is 166 cm³/mol. The van der Waals surface area contributed by atoms with Gasteiger partial charge in [-0.2, -0.15) is 0 Å². The number of carbonyl (C=O) groups excluding carboxylic acids is 2. The van der Waals surface area contributed by atoms with Crippen LogP contribution >= 0.6 is 23.4 Å². The van der Waals surface area contributed by atoms with Crippen LogP contribution in [-0.4, -0.2) is 67.3 Å². The van der Waals surface area contributed by atoms with E-state index >= 15 is 0 Å². The van der Waals surface area contributed by atoms with Crippen LogP contribution in [0.1, 0.15) is 24.8 Å². The summed E-state index contributed by atoms with van der Waals surface area (Å²) in [6, 6.07) is 21.6. The molecule has 3 aromatic rings. The molecular weight excluding hydrogens is 558 g/mol. The topological polar surface area (TPSA) is 62.3 Å². The molecule has 0 spiro atoms. The molecule has 0 aromatic heterocycles. The number of halogens is 1. The lowest BCUT2D eigenvalue weighted by Crippen LogP contribution is -2.44. The molecule has 2 amide bonds. The monoisotopic (exact) mass is 591 g/mol. The summed E-state index contributed by atoms with van der Waals surface area (Å²) >= 11 is 6.86. The summed E-state index contributed by atoms with van der Waals surface area (Å²) in [4.78, 5) is 32.5. The van der Waals surface area contributed by atoms with Crippen LogP contribution in [0.2, 0.25) is 5.02 Å². The third-order valence-electron chi connectivity index (χ3n) is 7.08. The minimum Gasteiger partial charge on any atom is -0.494 e. The van der Waals surface area contributed by atoms with E-state index in [4.69, 9.17) is 21.1 Å². The first-order valence-electron chi connectivity index (χ1n) is 13.9. The Morgan fingerprint density at radius 2 is 1.56 bits per heavy atom. The van der Waals surface area contributed by atoms with Gasteiger partial charge in [0, 0.05) is 37.3 Å². The third-order valence-corrected chi connectivity index (χ3v) is 8.20. The molecule has 0 atom stereocenters. The van der Waals surface area contributed by atoms with Crippen molar-refractivity contribution in [1.82, 2.24) is 9.80 Å². The number of nitrogens with zero attached hydrogens (tertiary/aromatic N) is 3. The van der Waals surface area contributed by atoms with E-state index in [2.05, 4.69) is 16.8 Å². The highest BCUT2D eigenvalue weighted by Gasteiger charge is 2.36. The molecule has 214 valence electrons. The fraction of sp³-hybridized carbons (Fsp3) is 0.312. The first-order valence-corrected chi connectivity index (χ1v) is 15.1. The Kier molecular flexibility index (Phi) is 10.0. The highest BCUT2D eigenvalue weighted by molar-refractivity contribution is 8.19. The van der Waals surface area contributed by atoms with Crippen LogP contribution in [0.3, 0.4) is 0 Å². The Balaban J connectivity index is 1.12. The molecule has 0 radical (unpaired) electrons. The zero-order valence-corrected chi connectivity index (χ0v) is 24.7. The summed E-state index contributed by atoms with van der Waals surface area (Å²) in [5.41, 5.74) is 1.30. The lowest BCUT2D eigenvalue weighted by atomic mass is 10.2. The molecule has 2 saturated heterocycles. The molecule has 0 unspecified atom stereocenters. The second kappa shape index (κ2) is 14.0. The van der Waals surface area contributed by atoms with Crippen LogP contribution in [0.25, 0.3) is 6.08 Å². The maximum atomic E-state index is 13.2. The summed E-state index contributed by atoms with van der Waals surface area (Å²) in [5.74, 6) is 1.64. The molecular formula is C32H34ClN3O4S. The average Bonchev–Trinajstić information content (AvgIpc) is 3.26. The van der Waals surface area contributed by atoms with Crippen LogP contribution in [0.4, 0.5) is 10.5 Å². The molecule has 0 aliphatic carbocycles. The number of benzene rings is 3. The number of piperazine rings is 1. The molecule has 3 aromatic carbocycles. The van der Waals surface area contributed by atoms with Crippen molar-refractivity contribution in [3.8, 4) is 17.2 Å². The molecule has 2 aliphatic rings. The van der Waals surface area contributed by atoms with Gasteiger partial charge in [-0.05, 0) is 105 Å². The van der Waals surface area contributed by atoms with Crippen molar-refractivity contribution in [2.45, 2.75) is 19.3 Å². The number of thioether (sulfide) groups is 1. The van der Waals surface area contributed by atoms with E-state index in [1.165, 1.54) is 4.90 Å². The number of likely N-dealkylation sites (N-methyl/N-ethyl adjacent to an activating group) is 1. The second-order valence-electron chi connectivity index (χ2n) is 10.2. The van der Waals surface area contributed by atoms with E-state index in [9.17, 15) is 9.59 Å². The van der Waals surface area contributed by atoms with Gasteiger partial charge in [0.05, 0.1) is 17.2 Å². The lowest BCUT2D eigenvalue weighted by Gasteiger charge is -2.32. The van der Waals surface area contributed by atoms with Crippen LogP contribution in [0.5, 0.6) is 17.2 Å². The molecule has 2 fully saturated rings. The summed E-state index contributed by atoms with van der Waals surface area (Å²) < 4.78 is 11.8. The molecule has 5 rings (SSSR count). The van der Waals surface area contributed by atoms with Crippen LogP contribution < -0.4 is 14.4 Å². The van der Waals surface area contributed by atoms with Gasteiger partial charge in [-0.3, -0.25) is 9.59 Å². The Morgan fingerprint density at radius 1 is 0.854 bits per heavy atom. The molecule has 2 aliphatic heterocycles. The number of rotatable bonds is 11. The van der Waals surface area contributed by atoms with Crippen LogP contribution in [0, 0.1) is 0 Å². The first kappa shape index (κ1) is 29.2. The number of hydrogen-bond donors (Lipinski definition) is 0. The minimum atomic E-state index is -0.345. The molecule has 7 nitrogen and oxygen atoms in total. The maximum absolute atomic E-state index is 13.2. The van der Waals surface area contributed by atoms with Crippen LogP contribution in [0.15, 0.2) is 77.7 Å². The molecule has 2 heterocycles. The second-order valence-corrected chi connectivity index (χ2v) is 11.6.